The Morgan fingerprint density at radius 3 is 3.00 bits per heavy atom. The zero-order valence-electron chi connectivity index (χ0n) is 6.66. The van der Waals surface area contributed by atoms with Crippen LogP contribution in [-0.2, 0) is 0 Å². The molecule has 5 N–H and O–H groups in total. The second kappa shape index (κ2) is 4.77. The minimum atomic E-state index is -0.531. The highest BCUT2D eigenvalue weighted by Gasteiger charge is 1.95. The third-order valence-corrected chi connectivity index (χ3v) is 2.19. The van der Waals surface area contributed by atoms with E-state index in [0.29, 0.717) is 22.2 Å². The van der Waals surface area contributed by atoms with Gasteiger partial charge in [-0.2, -0.15) is 0 Å². The van der Waals surface area contributed by atoms with Gasteiger partial charge in [-0.3, -0.25) is 5.10 Å². The maximum Gasteiger partial charge on any atom is 0.312 e. The van der Waals surface area contributed by atoms with Gasteiger partial charge in [0.1, 0.15) is 0 Å². The Morgan fingerprint density at radius 2 is 2.46 bits per heavy atom. The summed E-state index contributed by atoms with van der Waals surface area (Å²) in [7, 11) is 0. The summed E-state index contributed by atoms with van der Waals surface area (Å²) < 4.78 is 0.616. The van der Waals surface area contributed by atoms with Crippen molar-refractivity contribution in [2.45, 2.75) is 0 Å². The fourth-order valence-corrected chi connectivity index (χ4v) is 1.48. The van der Waals surface area contributed by atoms with Gasteiger partial charge in [-0.15, -0.1) is 5.10 Å². The van der Waals surface area contributed by atoms with Gasteiger partial charge in [0.25, 0.3) is 0 Å². The van der Waals surface area contributed by atoms with Gasteiger partial charge >= 0.3 is 6.03 Å². The lowest BCUT2D eigenvalue weighted by molar-refractivity contribution is 0.249. The Labute approximate surface area is 83.5 Å². The predicted octanol–water partition coefficient (Wildman–Crippen LogP) is 0.281. The van der Waals surface area contributed by atoms with Crippen LogP contribution in [-0.4, -0.2) is 29.3 Å². The van der Waals surface area contributed by atoms with Crippen molar-refractivity contribution in [1.29, 1.82) is 0 Å². The Balaban J connectivity index is 2.20. The van der Waals surface area contributed by atoms with E-state index in [1.165, 1.54) is 11.3 Å². The summed E-state index contributed by atoms with van der Waals surface area (Å²) >= 11 is 6.16. The molecule has 0 aliphatic heterocycles. The number of carbonyl (C=O) groups excluding carboxylic acids is 1. The smallest absolute Gasteiger partial charge is 0.312 e. The summed E-state index contributed by atoms with van der Waals surface area (Å²) in [5.41, 5.74) is 4.86. The van der Waals surface area contributed by atoms with Crippen LogP contribution in [0.4, 0.5) is 9.93 Å². The molecule has 1 rings (SSSR count). The van der Waals surface area contributed by atoms with Crippen molar-refractivity contribution >= 4 is 34.7 Å². The van der Waals surface area contributed by atoms with Crippen LogP contribution in [0.15, 0.2) is 0 Å². The highest BCUT2D eigenvalue weighted by atomic mass is 32.1. The second-order valence-electron chi connectivity index (χ2n) is 2.14. The van der Waals surface area contributed by atoms with Crippen LogP contribution in [0, 0.1) is 3.95 Å². The van der Waals surface area contributed by atoms with E-state index < -0.39 is 6.03 Å². The number of nitrogens with two attached hydrogens (primary N) is 1. The Morgan fingerprint density at radius 1 is 1.69 bits per heavy atom. The number of amides is 2. The van der Waals surface area contributed by atoms with Crippen molar-refractivity contribution in [2.75, 3.05) is 18.4 Å². The monoisotopic (exact) mass is 219 g/mol. The lowest BCUT2D eigenvalue weighted by atomic mass is 10.6. The highest BCUT2D eigenvalue weighted by molar-refractivity contribution is 7.73. The molecule has 6 nitrogen and oxygen atoms in total. The molecule has 1 aromatic rings. The largest absolute Gasteiger partial charge is 0.358 e. The minimum Gasteiger partial charge on any atom is -0.358 e. The molecule has 13 heavy (non-hydrogen) atoms. The van der Waals surface area contributed by atoms with Crippen molar-refractivity contribution in [3.05, 3.63) is 3.95 Å². The number of urea groups is 1. The van der Waals surface area contributed by atoms with Crippen LogP contribution >= 0.6 is 23.6 Å². The first-order valence-electron chi connectivity index (χ1n) is 3.51. The molecule has 0 bridgehead atoms. The first-order chi connectivity index (χ1) is 6.18. The molecule has 1 heterocycles. The molecule has 2 amide bonds. The molecule has 0 saturated carbocycles. The number of nitrogens with one attached hydrogen (secondary N) is 3. The Kier molecular flexibility index (Phi) is 3.65. The summed E-state index contributed by atoms with van der Waals surface area (Å²) in [6.45, 7) is 1.03. The topological polar surface area (TPSA) is 95.8 Å². The lowest BCUT2D eigenvalue weighted by Crippen LogP contribution is -2.33. The van der Waals surface area contributed by atoms with E-state index in [2.05, 4.69) is 20.8 Å². The molecule has 0 fully saturated rings. The number of aromatic nitrogens is 2. The van der Waals surface area contributed by atoms with Gasteiger partial charge in [0.2, 0.25) is 5.13 Å². The molecule has 0 atom stereocenters. The van der Waals surface area contributed by atoms with Gasteiger partial charge in [-0.05, 0) is 12.2 Å². The third-order valence-electron chi connectivity index (χ3n) is 1.14. The van der Waals surface area contributed by atoms with Gasteiger partial charge < -0.3 is 16.4 Å². The van der Waals surface area contributed by atoms with E-state index in [1.54, 1.807) is 0 Å². The van der Waals surface area contributed by atoms with Crippen LogP contribution in [0.25, 0.3) is 0 Å². The fourth-order valence-electron chi connectivity index (χ4n) is 0.661. The van der Waals surface area contributed by atoms with Crippen molar-refractivity contribution in [3.8, 4) is 0 Å². The van der Waals surface area contributed by atoms with Gasteiger partial charge in [0, 0.05) is 13.1 Å². The molecule has 0 aliphatic carbocycles. The molecule has 0 spiro atoms. The molecule has 0 unspecified atom stereocenters. The van der Waals surface area contributed by atoms with E-state index in [4.69, 9.17) is 18.0 Å². The zero-order valence-corrected chi connectivity index (χ0v) is 8.30. The molecule has 0 aromatic carbocycles. The average Bonchev–Trinajstić information content (AvgIpc) is 2.45. The SMILES string of the molecule is NC(=O)NCCNc1n[nH]c(=S)s1. The lowest BCUT2D eigenvalue weighted by Gasteiger charge is -2.01. The Bertz CT molecular complexity index is 332. The maximum atomic E-state index is 10.3. The van der Waals surface area contributed by atoms with Gasteiger partial charge in [0.05, 0.1) is 0 Å². The Hall–Kier alpha value is -1.15. The number of rotatable bonds is 4. The van der Waals surface area contributed by atoms with Crippen molar-refractivity contribution < 1.29 is 4.79 Å². The number of H-pyrrole nitrogens is 1. The fraction of sp³-hybridized carbons (Fsp3) is 0.400. The van der Waals surface area contributed by atoms with E-state index in [1.807, 2.05) is 0 Å². The number of aromatic amines is 1. The van der Waals surface area contributed by atoms with Crippen LogP contribution in [0.2, 0.25) is 0 Å². The van der Waals surface area contributed by atoms with Crippen LogP contribution < -0.4 is 16.4 Å². The summed E-state index contributed by atoms with van der Waals surface area (Å²) in [5, 5.41) is 12.6. The molecule has 1 aromatic heterocycles. The summed E-state index contributed by atoms with van der Waals surface area (Å²) in [6.07, 6.45) is 0. The molecular weight excluding hydrogens is 210 g/mol. The number of nitrogens with zero attached hydrogens (tertiary/aromatic N) is 1. The minimum absolute atomic E-state index is 0.460. The molecule has 0 saturated heterocycles. The van der Waals surface area contributed by atoms with Crippen molar-refractivity contribution in [3.63, 3.8) is 0 Å². The predicted molar refractivity (Wildman–Crippen MR) is 53.4 cm³/mol. The maximum absolute atomic E-state index is 10.3. The van der Waals surface area contributed by atoms with E-state index in [-0.39, 0.29) is 0 Å². The van der Waals surface area contributed by atoms with Crippen molar-refractivity contribution in [1.82, 2.24) is 15.5 Å². The van der Waals surface area contributed by atoms with Gasteiger partial charge in [-0.1, -0.05) is 11.3 Å². The number of carbonyl (C=O) groups is 1. The number of hydrogen-bond acceptors (Lipinski definition) is 5. The van der Waals surface area contributed by atoms with Crippen LogP contribution in [0.3, 0.4) is 0 Å². The van der Waals surface area contributed by atoms with Gasteiger partial charge in [-0.25, -0.2) is 4.79 Å². The molecular formula is C5H9N5OS2. The van der Waals surface area contributed by atoms with Crippen LogP contribution in [0.5, 0.6) is 0 Å². The van der Waals surface area contributed by atoms with Crippen molar-refractivity contribution in [2.24, 2.45) is 5.73 Å². The number of primary amides is 1. The molecule has 0 radical (unpaired) electrons. The van der Waals surface area contributed by atoms with E-state index >= 15 is 0 Å². The number of anilines is 1. The summed E-state index contributed by atoms with van der Waals surface area (Å²) in [4.78, 5) is 10.3. The summed E-state index contributed by atoms with van der Waals surface area (Å²) in [6, 6.07) is -0.531. The molecule has 0 aliphatic rings. The first-order valence-corrected chi connectivity index (χ1v) is 4.73. The average molecular weight is 219 g/mol. The molecule has 72 valence electrons. The quantitative estimate of drug-likeness (QED) is 0.432. The highest BCUT2D eigenvalue weighted by Crippen LogP contribution is 2.09. The third kappa shape index (κ3) is 3.85. The van der Waals surface area contributed by atoms with E-state index in [9.17, 15) is 4.79 Å². The second-order valence-corrected chi connectivity index (χ2v) is 3.80. The van der Waals surface area contributed by atoms with Crippen LogP contribution in [0.1, 0.15) is 0 Å². The molecule has 8 heteroatoms. The van der Waals surface area contributed by atoms with E-state index in [0.717, 1.165) is 0 Å². The normalized spacial score (nSPS) is 9.54. The van der Waals surface area contributed by atoms with Gasteiger partial charge in [0.15, 0.2) is 3.95 Å². The zero-order chi connectivity index (χ0) is 9.68. The number of hydrogen-bond donors (Lipinski definition) is 4. The standard InChI is InChI=1S/C5H9N5OS2/c6-3(11)7-1-2-8-4-9-10-5(12)13-4/h1-2H2,(H,8,9)(H,10,12)(H3,6,7,11). The summed E-state index contributed by atoms with van der Waals surface area (Å²) in [5.74, 6) is 0. The first kappa shape index (κ1) is 9.93.